The number of allylic oxidation sites excluding steroid dienone is 2. The number of hydrogen-bond donors (Lipinski definition) is 1. The fourth-order valence-corrected chi connectivity index (χ4v) is 1.34. The van der Waals surface area contributed by atoms with E-state index in [1.54, 1.807) is 0 Å². The van der Waals surface area contributed by atoms with E-state index in [0.29, 0.717) is 5.92 Å². The summed E-state index contributed by atoms with van der Waals surface area (Å²) in [5.41, 5.74) is 7.51. The first kappa shape index (κ1) is 9.53. The second kappa shape index (κ2) is 3.06. The molecule has 1 nitrogen and oxygen atoms in total. The fourth-order valence-electron chi connectivity index (χ4n) is 1.34. The Bertz CT molecular complexity index is 218. The van der Waals surface area contributed by atoms with Gasteiger partial charge in [-0.05, 0) is 16.9 Å². The molecule has 0 aromatic carbocycles. The lowest BCUT2D eigenvalue weighted by Crippen LogP contribution is -2.28. The van der Waals surface area contributed by atoms with Gasteiger partial charge in [0.1, 0.15) is 0 Å². The van der Waals surface area contributed by atoms with E-state index in [1.165, 1.54) is 5.57 Å². The molecule has 0 amide bonds. The highest BCUT2D eigenvalue weighted by atomic mass is 14.6. The van der Waals surface area contributed by atoms with Crippen LogP contribution in [-0.2, 0) is 0 Å². The van der Waals surface area contributed by atoms with Gasteiger partial charge in [0.2, 0.25) is 0 Å². The number of hydrogen-bond acceptors (Lipinski definition) is 1. The van der Waals surface area contributed by atoms with Crippen LogP contribution in [0.2, 0.25) is 0 Å². The van der Waals surface area contributed by atoms with Crippen molar-refractivity contribution in [1.29, 1.82) is 0 Å². The average Bonchev–Trinajstić information content (AvgIpc) is 1.92. The lowest BCUT2D eigenvalue weighted by molar-refractivity contribution is 0.496. The molecule has 1 aliphatic rings. The maximum absolute atomic E-state index is 5.85. The molecule has 0 aromatic rings. The molecular weight excluding hydrogens is 146 g/mol. The third kappa shape index (κ3) is 1.98. The predicted octanol–water partition coefficient (Wildman–Crippen LogP) is 2.49. The molecule has 0 saturated heterocycles. The zero-order valence-electron chi connectivity index (χ0n) is 8.46. The monoisotopic (exact) mass is 165 g/mol. The summed E-state index contributed by atoms with van der Waals surface area (Å²) in [6.07, 6.45) is 6.54. The molecule has 2 unspecified atom stereocenters. The summed E-state index contributed by atoms with van der Waals surface area (Å²) in [5, 5.41) is 0. The Labute approximate surface area is 75.3 Å². The zero-order chi connectivity index (χ0) is 9.35. The van der Waals surface area contributed by atoms with E-state index in [4.69, 9.17) is 5.73 Å². The second-order valence-corrected chi connectivity index (χ2v) is 4.67. The van der Waals surface area contributed by atoms with Crippen LogP contribution in [-0.4, -0.2) is 6.04 Å². The molecule has 0 fully saturated rings. The van der Waals surface area contributed by atoms with Crippen LogP contribution in [0.3, 0.4) is 0 Å². The first-order valence-corrected chi connectivity index (χ1v) is 4.57. The molecule has 68 valence electrons. The Balaban J connectivity index is 2.84. The summed E-state index contributed by atoms with van der Waals surface area (Å²) in [7, 11) is 0. The molecule has 0 radical (unpaired) electrons. The maximum Gasteiger partial charge on any atom is 0.0288 e. The van der Waals surface area contributed by atoms with Crippen molar-refractivity contribution in [3.8, 4) is 0 Å². The smallest absolute Gasteiger partial charge is 0.0288 e. The Morgan fingerprint density at radius 3 is 2.33 bits per heavy atom. The quantitative estimate of drug-likeness (QED) is 0.586. The molecule has 1 aliphatic carbocycles. The first-order valence-electron chi connectivity index (χ1n) is 4.57. The standard InChI is InChI=1S/C11H19N/c1-8-7-9(11(2,3)4)5-6-10(8)12/h5-8,10H,12H2,1-4H3. The fraction of sp³-hybridized carbons (Fsp3) is 0.636. The Morgan fingerprint density at radius 1 is 1.33 bits per heavy atom. The minimum absolute atomic E-state index is 0.205. The second-order valence-electron chi connectivity index (χ2n) is 4.67. The van der Waals surface area contributed by atoms with Crippen LogP contribution in [0.4, 0.5) is 0 Å². The van der Waals surface area contributed by atoms with Crippen molar-refractivity contribution < 1.29 is 0 Å². The number of nitrogens with two attached hydrogens (primary N) is 1. The van der Waals surface area contributed by atoms with Crippen molar-refractivity contribution in [3.05, 3.63) is 23.8 Å². The van der Waals surface area contributed by atoms with Crippen LogP contribution < -0.4 is 5.73 Å². The van der Waals surface area contributed by atoms with Crippen LogP contribution in [0.25, 0.3) is 0 Å². The summed E-state index contributed by atoms with van der Waals surface area (Å²) in [6.45, 7) is 8.85. The molecule has 0 aliphatic heterocycles. The lowest BCUT2D eigenvalue weighted by atomic mass is 9.80. The summed E-state index contributed by atoms with van der Waals surface area (Å²) >= 11 is 0. The van der Waals surface area contributed by atoms with Gasteiger partial charge in [-0.2, -0.15) is 0 Å². The topological polar surface area (TPSA) is 26.0 Å². The average molecular weight is 165 g/mol. The third-order valence-corrected chi connectivity index (χ3v) is 2.41. The highest BCUT2D eigenvalue weighted by Crippen LogP contribution is 2.30. The maximum atomic E-state index is 5.85. The molecule has 1 heteroatoms. The van der Waals surface area contributed by atoms with Crippen molar-refractivity contribution in [3.63, 3.8) is 0 Å². The van der Waals surface area contributed by atoms with Gasteiger partial charge >= 0.3 is 0 Å². The van der Waals surface area contributed by atoms with E-state index < -0.39 is 0 Å². The number of rotatable bonds is 0. The lowest BCUT2D eigenvalue weighted by Gasteiger charge is -2.27. The minimum Gasteiger partial charge on any atom is -0.324 e. The molecule has 0 spiro atoms. The summed E-state index contributed by atoms with van der Waals surface area (Å²) in [4.78, 5) is 0. The Hall–Kier alpha value is -0.560. The van der Waals surface area contributed by atoms with E-state index in [1.807, 2.05) is 0 Å². The summed E-state index contributed by atoms with van der Waals surface area (Å²) < 4.78 is 0. The molecular formula is C11H19N. The molecule has 2 atom stereocenters. The van der Waals surface area contributed by atoms with E-state index >= 15 is 0 Å². The normalized spacial score (nSPS) is 30.2. The van der Waals surface area contributed by atoms with Crippen molar-refractivity contribution in [1.82, 2.24) is 0 Å². The van der Waals surface area contributed by atoms with Gasteiger partial charge in [0.05, 0.1) is 0 Å². The third-order valence-electron chi connectivity index (χ3n) is 2.41. The molecule has 12 heavy (non-hydrogen) atoms. The molecule has 2 N–H and O–H groups in total. The van der Waals surface area contributed by atoms with E-state index in [0.717, 1.165) is 0 Å². The van der Waals surface area contributed by atoms with Gasteiger partial charge in [0.15, 0.2) is 0 Å². The Morgan fingerprint density at radius 2 is 1.92 bits per heavy atom. The molecule has 1 rings (SSSR count). The first-order chi connectivity index (χ1) is 5.41. The largest absolute Gasteiger partial charge is 0.324 e. The van der Waals surface area contributed by atoms with Crippen molar-refractivity contribution in [2.45, 2.75) is 33.7 Å². The summed E-state index contributed by atoms with van der Waals surface area (Å²) in [5.74, 6) is 0.476. The van der Waals surface area contributed by atoms with Crippen LogP contribution in [0.15, 0.2) is 23.8 Å². The van der Waals surface area contributed by atoms with Gasteiger partial charge in [-0.25, -0.2) is 0 Å². The van der Waals surface area contributed by atoms with E-state index in [-0.39, 0.29) is 11.5 Å². The van der Waals surface area contributed by atoms with Gasteiger partial charge in [0, 0.05) is 6.04 Å². The van der Waals surface area contributed by atoms with Gasteiger partial charge < -0.3 is 5.73 Å². The van der Waals surface area contributed by atoms with Gasteiger partial charge in [0.25, 0.3) is 0 Å². The van der Waals surface area contributed by atoms with Crippen LogP contribution in [0.5, 0.6) is 0 Å². The van der Waals surface area contributed by atoms with Crippen LogP contribution in [0, 0.1) is 11.3 Å². The molecule has 0 heterocycles. The highest BCUT2D eigenvalue weighted by Gasteiger charge is 2.20. The predicted molar refractivity (Wildman–Crippen MR) is 53.8 cm³/mol. The van der Waals surface area contributed by atoms with E-state index in [2.05, 4.69) is 45.9 Å². The van der Waals surface area contributed by atoms with Crippen molar-refractivity contribution in [2.75, 3.05) is 0 Å². The van der Waals surface area contributed by atoms with Crippen LogP contribution in [0.1, 0.15) is 27.7 Å². The van der Waals surface area contributed by atoms with Crippen molar-refractivity contribution >= 4 is 0 Å². The summed E-state index contributed by atoms with van der Waals surface area (Å²) in [6, 6.07) is 0.205. The zero-order valence-corrected chi connectivity index (χ0v) is 8.46. The van der Waals surface area contributed by atoms with Crippen LogP contribution >= 0.6 is 0 Å². The van der Waals surface area contributed by atoms with Gasteiger partial charge in [-0.15, -0.1) is 0 Å². The van der Waals surface area contributed by atoms with Gasteiger partial charge in [-0.3, -0.25) is 0 Å². The molecule has 0 saturated carbocycles. The SMILES string of the molecule is CC1C=C(C(C)(C)C)C=CC1N. The van der Waals surface area contributed by atoms with E-state index in [9.17, 15) is 0 Å². The van der Waals surface area contributed by atoms with Gasteiger partial charge in [-0.1, -0.05) is 45.9 Å². The molecule has 0 aromatic heterocycles. The van der Waals surface area contributed by atoms with Crippen molar-refractivity contribution in [2.24, 2.45) is 17.1 Å². The Kier molecular flexibility index (Phi) is 2.43. The molecule has 0 bridgehead atoms. The highest BCUT2D eigenvalue weighted by molar-refractivity contribution is 5.30. The minimum atomic E-state index is 0.205.